The van der Waals surface area contributed by atoms with Crippen molar-refractivity contribution >= 4 is 77.6 Å². The fourth-order valence-electron chi connectivity index (χ4n) is 9.76. The lowest BCUT2D eigenvalue weighted by Crippen LogP contribution is -2.37. The van der Waals surface area contributed by atoms with Gasteiger partial charge >= 0.3 is 11.9 Å². The van der Waals surface area contributed by atoms with E-state index in [2.05, 4.69) is 88.4 Å². The number of nitrogens with one attached hydrogen (secondary N) is 2. The van der Waals surface area contributed by atoms with Crippen LogP contribution in [0.2, 0.25) is 0 Å². The van der Waals surface area contributed by atoms with Gasteiger partial charge in [0.05, 0.1) is 11.4 Å². The van der Waals surface area contributed by atoms with Gasteiger partial charge in [0.1, 0.15) is 11.8 Å². The van der Waals surface area contributed by atoms with Gasteiger partial charge in [0.25, 0.3) is 0 Å². The Morgan fingerprint density at radius 2 is 0.927 bits per heavy atom. The number of carbonyl (C=O) groups excluding carboxylic acids is 2. The Kier molecular flexibility index (Phi) is 10.1. The third kappa shape index (κ3) is 6.26. The highest BCUT2D eigenvalue weighted by Crippen LogP contribution is 2.41. The van der Waals surface area contributed by atoms with Gasteiger partial charge in [-0.1, -0.05) is 164 Å². The van der Waals surface area contributed by atoms with E-state index in [4.69, 9.17) is 4.74 Å². The first-order valence-electron chi connectivity index (χ1n) is 20.7. The summed E-state index contributed by atoms with van der Waals surface area (Å²) in [5.41, 5.74) is 3.62. The first-order chi connectivity index (χ1) is 26.8. The van der Waals surface area contributed by atoms with Crippen molar-refractivity contribution in [1.82, 2.24) is 0 Å². The van der Waals surface area contributed by atoms with E-state index in [0.29, 0.717) is 35.8 Å². The Labute approximate surface area is 323 Å². The van der Waals surface area contributed by atoms with Crippen LogP contribution < -0.4 is 10.4 Å². The molecule has 0 heterocycles. The molecular weight excluding hydrogens is 677 g/mol. The molecule has 0 amide bonds. The van der Waals surface area contributed by atoms with E-state index in [0.717, 1.165) is 116 Å². The molecule has 0 radical (unpaired) electrons. The highest BCUT2D eigenvalue weighted by Gasteiger charge is 2.41. The van der Waals surface area contributed by atoms with Crippen molar-refractivity contribution in [3.8, 4) is 0 Å². The summed E-state index contributed by atoms with van der Waals surface area (Å²) in [6, 6.07) is 28.9. The highest BCUT2D eigenvalue weighted by molar-refractivity contribution is 6.34. The zero-order valence-corrected chi connectivity index (χ0v) is 32.7. The molecule has 0 fully saturated rings. The van der Waals surface area contributed by atoms with Crippen LogP contribution in [0.3, 0.4) is 0 Å². The Balaban J connectivity index is 1.21. The predicted molar refractivity (Wildman–Crippen MR) is 228 cm³/mol. The van der Waals surface area contributed by atoms with E-state index < -0.39 is 23.8 Å². The van der Waals surface area contributed by atoms with E-state index in [1.807, 2.05) is 24.3 Å². The van der Waals surface area contributed by atoms with Gasteiger partial charge in [-0.2, -0.15) is 0 Å². The van der Waals surface area contributed by atoms with Gasteiger partial charge in [-0.3, -0.25) is 9.59 Å². The van der Waals surface area contributed by atoms with Gasteiger partial charge in [0.2, 0.25) is 0 Å². The van der Waals surface area contributed by atoms with E-state index in [-0.39, 0.29) is 11.4 Å². The average Bonchev–Trinajstić information content (AvgIpc) is 3.20. The molecule has 5 nitrogen and oxygen atoms in total. The topological polar surface area (TPSA) is 91.1 Å². The van der Waals surface area contributed by atoms with Crippen molar-refractivity contribution in [1.29, 1.82) is 10.8 Å². The largest absolute Gasteiger partial charge is 0.392 e. The minimum Gasteiger partial charge on any atom is -0.392 e. The zero-order valence-electron chi connectivity index (χ0n) is 32.7. The summed E-state index contributed by atoms with van der Waals surface area (Å²) in [4.78, 5) is 29.4. The van der Waals surface area contributed by atoms with Gasteiger partial charge in [0, 0.05) is 0 Å². The molecule has 2 N–H and O–H groups in total. The summed E-state index contributed by atoms with van der Waals surface area (Å²) in [6.07, 6.45) is 9.93. The molecule has 8 rings (SSSR count). The fraction of sp³-hybridized carbons (Fsp3) is 0.360. The number of esters is 2. The SMILES string of the molecule is CCCCC(CC)CC1=c2ccc3cccc4ccc(c2c43)C(C(=O)OC(=O)C2C(=N)C(CC(CC)CCCC)=c3ccc4cccc5ccc2c3c54)C1=N. The molecule has 4 unspecified atom stereocenters. The number of carbonyl (C=O) groups is 2. The molecule has 4 atom stereocenters. The van der Waals surface area contributed by atoms with Crippen molar-refractivity contribution in [2.75, 3.05) is 0 Å². The van der Waals surface area contributed by atoms with Crippen LogP contribution in [0.4, 0.5) is 0 Å². The molecule has 0 saturated carbocycles. The van der Waals surface area contributed by atoms with E-state index in [9.17, 15) is 20.4 Å². The second-order valence-corrected chi connectivity index (χ2v) is 16.1. The second kappa shape index (κ2) is 15.2. The number of benzene rings is 6. The molecule has 0 aliphatic heterocycles. The Morgan fingerprint density at radius 1 is 0.545 bits per heavy atom. The summed E-state index contributed by atoms with van der Waals surface area (Å²) in [5, 5.41) is 29.9. The van der Waals surface area contributed by atoms with Crippen LogP contribution in [0.15, 0.2) is 84.9 Å². The third-order valence-electron chi connectivity index (χ3n) is 12.9. The average molecular weight is 729 g/mol. The molecule has 0 saturated heterocycles. The van der Waals surface area contributed by atoms with E-state index in [1.54, 1.807) is 0 Å². The van der Waals surface area contributed by atoms with Crippen molar-refractivity contribution in [2.24, 2.45) is 11.8 Å². The summed E-state index contributed by atoms with van der Waals surface area (Å²) >= 11 is 0. The van der Waals surface area contributed by atoms with E-state index >= 15 is 0 Å². The van der Waals surface area contributed by atoms with Crippen LogP contribution in [0.25, 0.3) is 54.2 Å². The van der Waals surface area contributed by atoms with Crippen molar-refractivity contribution in [3.05, 3.63) is 106 Å². The van der Waals surface area contributed by atoms with Crippen LogP contribution >= 0.6 is 0 Å². The molecule has 2 aliphatic rings. The highest BCUT2D eigenvalue weighted by atomic mass is 16.6. The molecular formula is C50H52N2O3. The maximum Gasteiger partial charge on any atom is 0.327 e. The van der Waals surface area contributed by atoms with Gasteiger partial charge in [-0.25, -0.2) is 0 Å². The second-order valence-electron chi connectivity index (χ2n) is 16.1. The van der Waals surface area contributed by atoms with E-state index in [1.165, 1.54) is 0 Å². The quantitative estimate of drug-likeness (QED) is 0.0864. The lowest BCUT2D eigenvalue weighted by molar-refractivity contribution is -0.159. The normalized spacial score (nSPS) is 17.8. The molecule has 2 aliphatic carbocycles. The Bertz CT molecular complexity index is 2420. The maximum absolute atomic E-state index is 14.7. The van der Waals surface area contributed by atoms with Gasteiger partial charge in [-0.15, -0.1) is 0 Å². The van der Waals surface area contributed by atoms with Crippen LogP contribution in [0.1, 0.15) is 115 Å². The summed E-state index contributed by atoms with van der Waals surface area (Å²) in [7, 11) is 0. The number of hydrogen-bond donors (Lipinski definition) is 2. The van der Waals surface area contributed by atoms with Gasteiger partial charge < -0.3 is 15.6 Å². The van der Waals surface area contributed by atoms with Crippen LogP contribution in [-0.4, -0.2) is 23.4 Å². The number of unbranched alkanes of at least 4 members (excludes halogenated alkanes) is 2. The predicted octanol–water partition coefficient (Wildman–Crippen LogP) is 11.3. The van der Waals surface area contributed by atoms with Crippen LogP contribution in [0.5, 0.6) is 0 Å². The molecule has 0 bridgehead atoms. The monoisotopic (exact) mass is 728 g/mol. The number of rotatable bonds is 14. The van der Waals surface area contributed by atoms with Crippen molar-refractivity contribution in [3.63, 3.8) is 0 Å². The molecule has 0 aromatic heterocycles. The first kappa shape index (κ1) is 36.8. The van der Waals surface area contributed by atoms with Crippen molar-refractivity contribution in [2.45, 2.75) is 104 Å². The van der Waals surface area contributed by atoms with Crippen LogP contribution in [0, 0.1) is 22.7 Å². The van der Waals surface area contributed by atoms with Crippen LogP contribution in [-0.2, 0) is 14.3 Å². The summed E-state index contributed by atoms with van der Waals surface area (Å²) < 4.78 is 6.02. The maximum atomic E-state index is 14.7. The van der Waals surface area contributed by atoms with Gasteiger partial charge in [-0.05, 0) is 100 Å². The van der Waals surface area contributed by atoms with Gasteiger partial charge in [0.15, 0.2) is 0 Å². The fourth-order valence-corrected chi connectivity index (χ4v) is 9.76. The third-order valence-corrected chi connectivity index (χ3v) is 12.9. The minimum atomic E-state index is -1.04. The molecule has 55 heavy (non-hydrogen) atoms. The molecule has 0 spiro atoms. The summed E-state index contributed by atoms with van der Waals surface area (Å²) in [5.74, 6) is -2.80. The number of ether oxygens (including phenoxy) is 1. The summed E-state index contributed by atoms with van der Waals surface area (Å²) in [6.45, 7) is 8.83. The Morgan fingerprint density at radius 3 is 1.29 bits per heavy atom. The zero-order chi connectivity index (χ0) is 38.4. The minimum absolute atomic E-state index is 0.220. The molecule has 280 valence electrons. The molecule has 6 aromatic rings. The van der Waals surface area contributed by atoms with Crippen molar-refractivity contribution < 1.29 is 14.3 Å². The molecule has 6 aromatic carbocycles. The first-order valence-corrected chi connectivity index (χ1v) is 20.7. The molecule has 5 heteroatoms. The Hall–Kier alpha value is -5.16. The number of hydrogen-bond acceptors (Lipinski definition) is 5. The lowest BCUT2D eigenvalue weighted by Gasteiger charge is -2.30. The lowest BCUT2D eigenvalue weighted by atomic mass is 9.75. The smallest absolute Gasteiger partial charge is 0.327 e. The standard InChI is InChI=1S/C50H52N2O3/c1-5-9-13-29(7-3)27-39-35-23-19-31-15-11-17-33-21-25-37(43(35)41(31)33)45(47(39)51)49(53)55-50(54)46-38-26-22-34-18-12-16-32-20-24-36(44(38)42(32)34)40(48(46)52)28-30(8-4)14-10-6-2/h11-12,15-26,29-30,45-46,51-52H,5-10,13-14,27-28H2,1-4H3.